The van der Waals surface area contributed by atoms with Crippen molar-refractivity contribution >= 4 is 17.7 Å². The van der Waals surface area contributed by atoms with E-state index < -0.39 is 34.2 Å². The molecule has 104 valence electrons. The number of carbonyl (C=O) groups is 3. The van der Waals surface area contributed by atoms with E-state index in [1.54, 1.807) is 0 Å². The van der Waals surface area contributed by atoms with Crippen molar-refractivity contribution in [3.63, 3.8) is 0 Å². The van der Waals surface area contributed by atoms with Crippen LogP contribution in [0.2, 0.25) is 0 Å². The van der Waals surface area contributed by atoms with Gasteiger partial charge in [-0.1, -0.05) is 0 Å². The van der Waals surface area contributed by atoms with Gasteiger partial charge in [0.15, 0.2) is 6.04 Å². The van der Waals surface area contributed by atoms with Crippen LogP contribution in [0, 0.1) is 11.0 Å². The molecule has 2 atom stereocenters. The van der Waals surface area contributed by atoms with Gasteiger partial charge in [0.25, 0.3) is 5.91 Å². The molecular formula is C13H11FN2O4. The van der Waals surface area contributed by atoms with Crippen LogP contribution >= 0.6 is 0 Å². The monoisotopic (exact) mass is 278 g/mol. The molecule has 0 saturated carbocycles. The molecule has 3 amide bonds. The van der Waals surface area contributed by atoms with Gasteiger partial charge in [0.05, 0.1) is 5.56 Å². The molecule has 1 aromatic carbocycles. The highest BCUT2D eigenvalue weighted by Crippen LogP contribution is 2.34. The van der Waals surface area contributed by atoms with Gasteiger partial charge in [-0.25, -0.2) is 9.18 Å². The maximum absolute atomic E-state index is 13.2. The second-order valence-electron chi connectivity index (χ2n) is 5.03. The number of benzene rings is 1. The van der Waals surface area contributed by atoms with Crippen molar-refractivity contribution in [1.82, 2.24) is 5.32 Å². The zero-order valence-corrected chi connectivity index (χ0v) is 10.4. The van der Waals surface area contributed by atoms with Gasteiger partial charge in [0, 0.05) is 18.4 Å². The van der Waals surface area contributed by atoms with Crippen molar-refractivity contribution in [2.75, 3.05) is 0 Å². The fourth-order valence-electron chi connectivity index (χ4n) is 2.76. The van der Waals surface area contributed by atoms with Gasteiger partial charge in [0.1, 0.15) is 12.4 Å². The fraction of sp³-hybridized carbons (Fsp3) is 0.308. The van der Waals surface area contributed by atoms with Crippen molar-refractivity contribution in [3.05, 3.63) is 40.4 Å². The minimum absolute atomic E-state index is 0.0242. The molecule has 2 aliphatic rings. The first-order valence-corrected chi connectivity index (χ1v) is 6.17. The van der Waals surface area contributed by atoms with E-state index in [9.17, 15) is 24.0 Å². The van der Waals surface area contributed by atoms with Gasteiger partial charge in [-0.05, 0) is 18.2 Å². The van der Waals surface area contributed by atoms with Crippen molar-refractivity contribution in [1.29, 1.82) is 0 Å². The van der Waals surface area contributed by atoms with Crippen molar-refractivity contribution in [2.24, 2.45) is 0 Å². The predicted molar refractivity (Wildman–Crippen MR) is 64.2 cm³/mol. The molecule has 0 aromatic heterocycles. The van der Waals surface area contributed by atoms with E-state index in [4.69, 9.17) is 0 Å². The van der Waals surface area contributed by atoms with Gasteiger partial charge in [-0.3, -0.25) is 19.6 Å². The number of fused-ring (bicyclic) bond motifs is 1. The smallest absolute Gasteiger partial charge is 0.347 e. The zero-order valence-electron chi connectivity index (χ0n) is 10.4. The summed E-state index contributed by atoms with van der Waals surface area (Å²) in [5, 5.41) is 14.8. The lowest BCUT2D eigenvalue weighted by Crippen LogP contribution is -2.60. The lowest BCUT2D eigenvalue weighted by Gasteiger charge is -2.42. The predicted octanol–water partition coefficient (Wildman–Crippen LogP) is 0.599. The van der Waals surface area contributed by atoms with Crippen molar-refractivity contribution in [3.8, 4) is 0 Å². The third-order valence-corrected chi connectivity index (χ3v) is 3.76. The number of halogens is 1. The van der Waals surface area contributed by atoms with E-state index in [1.165, 1.54) is 6.07 Å². The molecule has 1 fully saturated rings. The number of carbonyl (C=O) groups excluding carboxylic acids is 3. The third kappa shape index (κ3) is 1.75. The SMILES string of the molecule is O=C1CCC([N+]2([O-])Cc3cc(F)ccc3C2=O)C(=O)N1. The Hall–Kier alpha value is -2.12. The maximum Gasteiger partial charge on any atom is 0.347 e. The number of hydroxylamine groups is 3. The Morgan fingerprint density at radius 1 is 1.30 bits per heavy atom. The summed E-state index contributed by atoms with van der Waals surface area (Å²) in [7, 11) is 0. The number of nitrogens with one attached hydrogen (secondary N) is 1. The van der Waals surface area contributed by atoms with E-state index in [0.717, 1.165) is 12.1 Å². The summed E-state index contributed by atoms with van der Waals surface area (Å²) in [6.07, 6.45) is 0.0486. The highest BCUT2D eigenvalue weighted by molar-refractivity contribution is 6.02. The number of rotatable bonds is 1. The molecule has 1 saturated heterocycles. The van der Waals surface area contributed by atoms with Crippen LogP contribution in [0.15, 0.2) is 18.2 Å². The highest BCUT2D eigenvalue weighted by atomic mass is 19.1. The van der Waals surface area contributed by atoms with Crippen molar-refractivity contribution in [2.45, 2.75) is 25.4 Å². The summed E-state index contributed by atoms with van der Waals surface area (Å²) in [6.45, 7) is -0.280. The molecule has 6 nitrogen and oxygen atoms in total. The summed E-state index contributed by atoms with van der Waals surface area (Å²) in [5.74, 6) is -2.48. The first-order valence-electron chi connectivity index (χ1n) is 6.17. The molecule has 20 heavy (non-hydrogen) atoms. The van der Waals surface area contributed by atoms with Gasteiger partial charge >= 0.3 is 5.91 Å². The summed E-state index contributed by atoms with van der Waals surface area (Å²) < 4.78 is 11.8. The molecule has 0 radical (unpaired) electrons. The Kier molecular flexibility index (Phi) is 2.70. The number of imide groups is 1. The molecule has 0 aliphatic carbocycles. The summed E-state index contributed by atoms with van der Waals surface area (Å²) in [4.78, 5) is 35.1. The average molecular weight is 278 g/mol. The average Bonchev–Trinajstić information content (AvgIpc) is 2.61. The maximum atomic E-state index is 13.2. The molecule has 2 aliphatic heterocycles. The molecule has 3 rings (SSSR count). The second-order valence-corrected chi connectivity index (χ2v) is 5.03. The van der Waals surface area contributed by atoms with E-state index >= 15 is 0 Å². The van der Waals surface area contributed by atoms with Crippen LogP contribution in [0.1, 0.15) is 28.8 Å². The highest BCUT2D eigenvalue weighted by Gasteiger charge is 2.49. The van der Waals surface area contributed by atoms with Crippen LogP contribution in [0.3, 0.4) is 0 Å². The Balaban J connectivity index is 1.97. The topological polar surface area (TPSA) is 86.3 Å². The van der Waals surface area contributed by atoms with Gasteiger partial charge in [-0.15, -0.1) is 0 Å². The van der Waals surface area contributed by atoms with E-state index in [0.29, 0.717) is 5.56 Å². The number of hydrogen-bond donors (Lipinski definition) is 1. The summed E-state index contributed by atoms with van der Waals surface area (Å²) in [5.41, 5.74) is 0.445. The quantitative estimate of drug-likeness (QED) is 0.463. The summed E-state index contributed by atoms with van der Waals surface area (Å²) >= 11 is 0. The molecule has 7 heteroatoms. The third-order valence-electron chi connectivity index (χ3n) is 3.76. The normalized spacial score (nSPS) is 29.3. The van der Waals surface area contributed by atoms with Crippen LogP contribution in [-0.4, -0.2) is 28.4 Å². The van der Waals surface area contributed by atoms with Crippen LogP contribution in [0.25, 0.3) is 0 Å². The van der Waals surface area contributed by atoms with E-state index in [1.807, 2.05) is 0 Å². The number of quaternary nitrogens is 1. The number of nitrogens with zero attached hydrogens (tertiary/aromatic N) is 1. The van der Waals surface area contributed by atoms with Crippen molar-refractivity contribution < 1.29 is 23.4 Å². The molecule has 0 bridgehead atoms. The number of piperidine rings is 1. The Bertz CT molecular complexity index is 645. The van der Waals surface area contributed by atoms with Crippen LogP contribution in [-0.2, 0) is 16.1 Å². The Labute approximate surface area is 113 Å². The largest absolute Gasteiger partial charge is 0.624 e. The van der Waals surface area contributed by atoms with E-state index in [-0.39, 0.29) is 24.9 Å². The van der Waals surface area contributed by atoms with Gasteiger partial charge in [-0.2, -0.15) is 0 Å². The standard InChI is InChI=1S/C13H11FN2O4/c14-8-1-2-9-7(5-8)6-16(20,13(9)19)10-3-4-11(17)15-12(10)18/h1-2,5,10H,3-4,6H2,(H,15,17,18). The Morgan fingerprint density at radius 3 is 2.75 bits per heavy atom. The fourth-order valence-corrected chi connectivity index (χ4v) is 2.76. The van der Waals surface area contributed by atoms with Crippen LogP contribution in [0.5, 0.6) is 0 Å². The Morgan fingerprint density at radius 2 is 2.05 bits per heavy atom. The van der Waals surface area contributed by atoms with Gasteiger partial charge < -0.3 is 5.21 Å². The summed E-state index contributed by atoms with van der Waals surface area (Å²) in [6, 6.07) is 2.35. The first-order chi connectivity index (χ1) is 9.41. The van der Waals surface area contributed by atoms with Crippen LogP contribution in [0.4, 0.5) is 4.39 Å². The number of amides is 3. The molecular weight excluding hydrogens is 267 g/mol. The lowest BCUT2D eigenvalue weighted by atomic mass is 10.0. The minimum Gasteiger partial charge on any atom is -0.624 e. The minimum atomic E-state index is -1.38. The number of hydrogen-bond acceptors (Lipinski definition) is 4. The van der Waals surface area contributed by atoms with E-state index in [2.05, 4.69) is 5.32 Å². The molecule has 1 aromatic rings. The molecule has 2 heterocycles. The first kappa shape index (κ1) is 12.9. The second kappa shape index (κ2) is 4.19. The van der Waals surface area contributed by atoms with Crippen LogP contribution < -0.4 is 5.32 Å². The lowest BCUT2D eigenvalue weighted by molar-refractivity contribution is -0.825. The van der Waals surface area contributed by atoms with Gasteiger partial charge in [0.2, 0.25) is 5.91 Å². The molecule has 2 unspecified atom stereocenters. The zero-order chi connectivity index (χ0) is 14.5. The molecule has 1 N–H and O–H groups in total. The molecule has 0 spiro atoms.